The fourth-order valence-corrected chi connectivity index (χ4v) is 4.32. The van der Waals surface area contributed by atoms with Gasteiger partial charge >= 0.3 is 6.09 Å². The number of ether oxygens (including phenoxy) is 3. The van der Waals surface area contributed by atoms with Gasteiger partial charge < -0.3 is 14.2 Å². The molecule has 8 nitrogen and oxygen atoms in total. The van der Waals surface area contributed by atoms with Gasteiger partial charge in [-0.25, -0.2) is 4.79 Å². The van der Waals surface area contributed by atoms with Crippen LogP contribution in [0.15, 0.2) is 114 Å². The highest BCUT2D eigenvalue weighted by Crippen LogP contribution is 2.24. The second kappa shape index (κ2) is 11.3. The van der Waals surface area contributed by atoms with Gasteiger partial charge in [-0.15, -0.1) is 4.41 Å². The maximum atomic E-state index is 13.3. The van der Waals surface area contributed by atoms with E-state index in [1.807, 2.05) is 30.3 Å². The number of sulfonamides is 1. The molecule has 4 aromatic carbocycles. The van der Waals surface area contributed by atoms with Gasteiger partial charge in [0.2, 0.25) is 0 Å². The van der Waals surface area contributed by atoms with Crippen LogP contribution in [0.1, 0.15) is 5.56 Å². The molecule has 0 atom stereocenters. The highest BCUT2D eigenvalue weighted by molar-refractivity contribution is 7.89. The normalized spacial score (nSPS) is 10.8. The van der Waals surface area contributed by atoms with Gasteiger partial charge in [-0.05, 0) is 66.2 Å². The quantitative estimate of drug-likeness (QED) is 0.301. The van der Waals surface area contributed by atoms with Crippen LogP contribution in [0.25, 0.3) is 0 Å². The number of nitrogens with zero attached hydrogens (tertiary/aromatic N) is 1. The molecule has 0 fully saturated rings. The van der Waals surface area contributed by atoms with Crippen LogP contribution >= 0.6 is 0 Å². The first kappa shape index (κ1) is 24.6. The molecule has 0 saturated heterocycles. The average molecular weight is 505 g/mol. The lowest BCUT2D eigenvalue weighted by molar-refractivity contribution is 0.184. The fourth-order valence-electron chi connectivity index (χ4n) is 3.17. The van der Waals surface area contributed by atoms with Crippen molar-refractivity contribution in [1.29, 1.82) is 0 Å². The minimum Gasteiger partial charge on any atom is -0.497 e. The summed E-state index contributed by atoms with van der Waals surface area (Å²) in [6, 6.07) is 30.1. The first-order chi connectivity index (χ1) is 17.5. The van der Waals surface area contributed by atoms with Crippen molar-refractivity contribution in [3.63, 3.8) is 0 Å². The Morgan fingerprint density at radius 3 is 1.92 bits per heavy atom. The summed E-state index contributed by atoms with van der Waals surface area (Å²) in [5, 5.41) is 0. The third kappa shape index (κ3) is 6.13. The molecule has 0 heterocycles. The largest absolute Gasteiger partial charge is 0.497 e. The number of hydrazine groups is 1. The van der Waals surface area contributed by atoms with E-state index < -0.39 is 16.1 Å². The molecule has 4 rings (SSSR count). The smallest absolute Gasteiger partial charge is 0.449 e. The number of methoxy groups -OCH3 is 1. The van der Waals surface area contributed by atoms with Gasteiger partial charge in [0.1, 0.15) is 23.9 Å². The van der Waals surface area contributed by atoms with Gasteiger partial charge in [-0.2, -0.15) is 8.42 Å². The number of anilines is 1. The summed E-state index contributed by atoms with van der Waals surface area (Å²) in [6.45, 7) is 0.384. The molecule has 0 aliphatic heterocycles. The number of hydrogen-bond acceptors (Lipinski definition) is 7. The molecule has 0 spiro atoms. The summed E-state index contributed by atoms with van der Waals surface area (Å²) < 4.78 is 43.4. The van der Waals surface area contributed by atoms with Crippen LogP contribution in [0.4, 0.5) is 10.5 Å². The van der Waals surface area contributed by atoms with E-state index in [1.54, 1.807) is 42.5 Å². The first-order valence-corrected chi connectivity index (χ1v) is 12.4. The van der Waals surface area contributed by atoms with Gasteiger partial charge in [0, 0.05) is 0 Å². The molecule has 0 radical (unpaired) electrons. The van der Waals surface area contributed by atoms with E-state index in [9.17, 15) is 13.2 Å². The maximum absolute atomic E-state index is 13.3. The zero-order valence-corrected chi connectivity index (χ0v) is 20.2. The molecule has 0 aromatic heterocycles. The summed E-state index contributed by atoms with van der Waals surface area (Å²) in [7, 11) is -2.85. The zero-order chi connectivity index (χ0) is 25.4. The highest BCUT2D eigenvalue weighted by Gasteiger charge is 2.32. The van der Waals surface area contributed by atoms with Gasteiger partial charge in [0.15, 0.2) is 0 Å². The van der Waals surface area contributed by atoms with Crippen molar-refractivity contribution >= 4 is 21.8 Å². The van der Waals surface area contributed by atoms with Crippen LogP contribution < -0.4 is 19.6 Å². The number of carbonyl (C=O) groups excluding carboxylic acids is 1. The minimum absolute atomic E-state index is 0.117. The number of hydrogen-bond donors (Lipinski definition) is 1. The first-order valence-electron chi connectivity index (χ1n) is 11.0. The molecule has 1 amide bonds. The lowest BCUT2D eigenvalue weighted by Crippen LogP contribution is -2.43. The Hall–Kier alpha value is -4.50. The Kier molecular flexibility index (Phi) is 7.72. The molecule has 0 unspecified atom stereocenters. The van der Waals surface area contributed by atoms with Crippen molar-refractivity contribution < 1.29 is 27.4 Å². The highest BCUT2D eigenvalue weighted by atomic mass is 32.2. The van der Waals surface area contributed by atoms with Crippen molar-refractivity contribution in [3.05, 3.63) is 115 Å². The Bertz CT molecular complexity index is 1380. The SMILES string of the molecule is COc1ccc(S(=O)(=O)N(Nc2ccccc2)C(=O)Oc2ccc(OCc3ccccc3)cc2)cc1. The fraction of sp³-hybridized carbons (Fsp3) is 0.0741. The van der Waals surface area contributed by atoms with Crippen molar-refractivity contribution in [1.82, 2.24) is 4.41 Å². The number of carbonyl (C=O) groups is 1. The lowest BCUT2D eigenvalue weighted by atomic mass is 10.2. The minimum atomic E-state index is -4.32. The monoisotopic (exact) mass is 504 g/mol. The van der Waals surface area contributed by atoms with Crippen molar-refractivity contribution in [2.24, 2.45) is 0 Å². The lowest BCUT2D eigenvalue weighted by Gasteiger charge is -2.23. The van der Waals surface area contributed by atoms with Crippen molar-refractivity contribution in [2.75, 3.05) is 12.5 Å². The number of rotatable bonds is 9. The second-order valence-corrected chi connectivity index (χ2v) is 9.32. The second-order valence-electron chi connectivity index (χ2n) is 7.54. The Labute approximate surface area is 209 Å². The number of para-hydroxylation sites is 1. The molecular weight excluding hydrogens is 480 g/mol. The average Bonchev–Trinajstić information content (AvgIpc) is 2.92. The summed E-state index contributed by atoms with van der Waals surface area (Å²) in [5.41, 5.74) is 4.03. The molecule has 0 aliphatic carbocycles. The summed E-state index contributed by atoms with van der Waals surface area (Å²) in [6.07, 6.45) is -1.13. The Morgan fingerprint density at radius 2 is 1.31 bits per heavy atom. The molecule has 4 aromatic rings. The third-order valence-electron chi connectivity index (χ3n) is 5.05. The van der Waals surface area contributed by atoms with Crippen molar-refractivity contribution in [2.45, 2.75) is 11.5 Å². The summed E-state index contributed by atoms with van der Waals surface area (Å²) >= 11 is 0. The predicted molar refractivity (Wildman–Crippen MR) is 135 cm³/mol. The van der Waals surface area contributed by atoms with Gasteiger partial charge in [0.05, 0.1) is 17.7 Å². The van der Waals surface area contributed by atoms with Crippen molar-refractivity contribution in [3.8, 4) is 17.2 Å². The number of nitrogens with one attached hydrogen (secondary N) is 1. The van der Waals surface area contributed by atoms with Crippen LogP contribution in [0.2, 0.25) is 0 Å². The Balaban J connectivity index is 1.51. The molecule has 1 N–H and O–H groups in total. The van der Waals surface area contributed by atoms with E-state index in [0.717, 1.165) is 5.56 Å². The van der Waals surface area contributed by atoms with Gasteiger partial charge in [0.25, 0.3) is 10.0 Å². The van der Waals surface area contributed by atoms with E-state index in [-0.39, 0.29) is 10.6 Å². The van der Waals surface area contributed by atoms with Crippen LogP contribution in [0.3, 0.4) is 0 Å². The molecule has 36 heavy (non-hydrogen) atoms. The van der Waals surface area contributed by atoms with Gasteiger partial charge in [-0.1, -0.05) is 48.5 Å². The molecule has 184 valence electrons. The maximum Gasteiger partial charge on any atom is 0.449 e. The van der Waals surface area contributed by atoms with Crippen LogP contribution in [-0.2, 0) is 16.6 Å². The van der Waals surface area contributed by atoms with E-state index >= 15 is 0 Å². The van der Waals surface area contributed by atoms with E-state index in [1.165, 1.54) is 43.5 Å². The standard InChI is InChI=1S/C27H24N2O6S/c1-33-23-16-18-26(19-17-23)36(31,32)29(28-22-10-6-3-7-11-22)27(30)35-25-14-12-24(13-15-25)34-20-21-8-4-2-5-9-21/h2-19,28H,20H2,1H3. The molecule has 0 saturated carbocycles. The van der Waals surface area contributed by atoms with E-state index in [0.29, 0.717) is 28.2 Å². The van der Waals surface area contributed by atoms with E-state index in [2.05, 4.69) is 5.43 Å². The topological polar surface area (TPSA) is 94.2 Å². The third-order valence-corrected chi connectivity index (χ3v) is 6.63. The predicted octanol–water partition coefficient (Wildman–Crippen LogP) is 5.49. The molecule has 9 heteroatoms. The van der Waals surface area contributed by atoms with Crippen LogP contribution in [-0.4, -0.2) is 26.0 Å². The van der Waals surface area contributed by atoms with Crippen LogP contribution in [0.5, 0.6) is 17.2 Å². The van der Waals surface area contributed by atoms with Gasteiger partial charge in [-0.3, -0.25) is 5.43 Å². The zero-order valence-electron chi connectivity index (χ0n) is 19.4. The summed E-state index contributed by atoms with van der Waals surface area (Å²) in [5.74, 6) is 1.20. The van der Waals surface area contributed by atoms with Crippen LogP contribution in [0, 0.1) is 0 Å². The number of benzene rings is 4. The summed E-state index contributed by atoms with van der Waals surface area (Å²) in [4.78, 5) is 12.9. The molecule has 0 bridgehead atoms. The van der Waals surface area contributed by atoms with E-state index in [4.69, 9.17) is 14.2 Å². The number of amides is 1. The molecule has 0 aliphatic rings. The Morgan fingerprint density at radius 1 is 0.750 bits per heavy atom. The molecular formula is C27H24N2O6S.